The maximum Gasteiger partial charge on any atom is 0.0887 e. The number of benzene rings is 1. The van der Waals surface area contributed by atoms with Crippen molar-refractivity contribution in [2.45, 2.75) is 0 Å². The number of anilines is 4. The molecule has 1 aromatic carbocycles. The lowest BCUT2D eigenvalue weighted by atomic mass is 10.2. The van der Waals surface area contributed by atoms with E-state index in [1.54, 1.807) is 11.0 Å². The molecule has 1 rings (SSSR count). The fourth-order valence-corrected chi connectivity index (χ4v) is 0.811. The Morgan fingerprint density at radius 1 is 0.917 bits per heavy atom. The molecule has 0 aliphatic heterocycles. The third-order valence-electron chi connectivity index (χ3n) is 1.44. The Morgan fingerprint density at radius 3 is 1.67 bits per heavy atom. The Balaban J connectivity index is 3.18. The molecule has 0 saturated heterocycles. The molecule has 0 fully saturated rings. The number of nitrogens with two attached hydrogens (primary N) is 2. The third-order valence-corrected chi connectivity index (χ3v) is 1.44. The normalized spacial score (nSPS) is 9.50. The van der Waals surface area contributed by atoms with Crippen LogP contribution < -0.4 is 22.4 Å². The highest BCUT2D eigenvalue weighted by atomic mass is 16.5. The summed E-state index contributed by atoms with van der Waals surface area (Å²) >= 11 is 0. The van der Waals surface area contributed by atoms with Crippen LogP contribution in [0.25, 0.3) is 0 Å². The van der Waals surface area contributed by atoms with Gasteiger partial charge >= 0.3 is 0 Å². The van der Waals surface area contributed by atoms with E-state index >= 15 is 0 Å². The first-order valence-corrected chi connectivity index (χ1v) is 3.14. The molecule has 64 valence electrons. The van der Waals surface area contributed by atoms with Gasteiger partial charge in [-0.2, -0.15) is 0 Å². The van der Waals surface area contributed by atoms with E-state index < -0.39 is 0 Å². The number of nitrogens with one attached hydrogen (secondary N) is 2. The number of nitrogen functional groups attached to an aromatic ring is 2. The van der Waals surface area contributed by atoms with E-state index in [0.717, 1.165) is 0 Å². The summed E-state index contributed by atoms with van der Waals surface area (Å²) in [4.78, 5) is 0. The van der Waals surface area contributed by atoms with Crippen LogP contribution in [0.1, 0.15) is 0 Å². The largest absolute Gasteiger partial charge is 0.397 e. The first kappa shape index (κ1) is 8.44. The van der Waals surface area contributed by atoms with Gasteiger partial charge < -0.3 is 11.5 Å². The van der Waals surface area contributed by atoms with Gasteiger partial charge in [-0.3, -0.25) is 0 Å². The predicted octanol–water partition coefficient (Wildman–Crippen LogP) is 0.366. The second-order valence-corrected chi connectivity index (χ2v) is 2.23. The molecule has 0 aliphatic carbocycles. The molecular formula is C6H8N4O2. The first-order valence-electron chi connectivity index (χ1n) is 3.14. The summed E-state index contributed by atoms with van der Waals surface area (Å²) in [6.45, 7) is 0. The Kier molecular flexibility index (Phi) is 2.22. The lowest BCUT2D eigenvalue weighted by Gasteiger charge is -2.07. The highest BCUT2D eigenvalue weighted by Gasteiger charge is 2.04. The van der Waals surface area contributed by atoms with E-state index in [1.165, 1.54) is 12.1 Å². The van der Waals surface area contributed by atoms with E-state index in [1.807, 2.05) is 0 Å². The Hall–Kier alpha value is -1.66. The molecule has 1 aromatic rings. The average Bonchev–Trinajstić information content (AvgIpc) is 2.05. The molecule has 6 nitrogen and oxygen atoms in total. The Labute approximate surface area is 68.7 Å². The van der Waals surface area contributed by atoms with Crippen molar-refractivity contribution >= 4 is 22.7 Å². The van der Waals surface area contributed by atoms with Gasteiger partial charge in [-0.1, -0.05) is 10.4 Å². The van der Waals surface area contributed by atoms with Gasteiger partial charge in [0.2, 0.25) is 0 Å². The SMILES string of the molecule is Nc1cc(N)c(N[O])cc1N[O]. The van der Waals surface area contributed by atoms with Crippen LogP contribution in [0.2, 0.25) is 0 Å². The van der Waals surface area contributed by atoms with Gasteiger partial charge in [0.1, 0.15) is 0 Å². The zero-order chi connectivity index (χ0) is 9.14. The third kappa shape index (κ3) is 1.34. The van der Waals surface area contributed by atoms with Gasteiger partial charge in [-0.25, -0.2) is 11.0 Å². The first-order chi connectivity index (χ1) is 5.69. The molecule has 12 heavy (non-hydrogen) atoms. The standard InChI is InChI=1S/C6H8N4O2/c7-3-1-4(8)6(10-12)2-5(3)9-11/h1-2,9-10H,7-8H2. The molecule has 0 bridgehead atoms. The summed E-state index contributed by atoms with van der Waals surface area (Å²) in [5.74, 6) is 0. The van der Waals surface area contributed by atoms with E-state index in [9.17, 15) is 10.4 Å². The van der Waals surface area contributed by atoms with Crippen LogP contribution >= 0.6 is 0 Å². The predicted molar refractivity (Wildman–Crippen MR) is 43.9 cm³/mol. The monoisotopic (exact) mass is 168 g/mol. The molecule has 6 heteroatoms. The van der Waals surface area contributed by atoms with E-state index in [-0.39, 0.29) is 22.7 Å². The Morgan fingerprint density at radius 2 is 1.33 bits per heavy atom. The molecule has 0 unspecified atom stereocenters. The molecule has 6 N–H and O–H groups in total. The Bertz CT molecular complexity index is 264. The molecule has 0 aliphatic rings. The average molecular weight is 168 g/mol. The van der Waals surface area contributed by atoms with Crippen molar-refractivity contribution in [3.63, 3.8) is 0 Å². The maximum atomic E-state index is 10.2. The summed E-state index contributed by atoms with van der Waals surface area (Å²) in [5.41, 5.74) is 14.6. The van der Waals surface area contributed by atoms with E-state index in [0.29, 0.717) is 0 Å². The van der Waals surface area contributed by atoms with E-state index in [2.05, 4.69) is 0 Å². The van der Waals surface area contributed by atoms with Crippen molar-refractivity contribution in [1.29, 1.82) is 0 Å². The lowest BCUT2D eigenvalue weighted by Crippen LogP contribution is -2.00. The molecule has 0 heterocycles. The highest BCUT2D eigenvalue weighted by molar-refractivity contribution is 5.80. The number of hydrogen-bond donors (Lipinski definition) is 4. The van der Waals surface area contributed by atoms with Crippen molar-refractivity contribution < 1.29 is 10.4 Å². The number of hydrogen-bond acceptors (Lipinski definition) is 4. The fraction of sp³-hybridized carbons (Fsp3) is 0. The molecule has 2 radical (unpaired) electrons. The molecule has 0 saturated carbocycles. The van der Waals surface area contributed by atoms with Crippen LogP contribution in [0, 0.1) is 0 Å². The summed E-state index contributed by atoms with van der Waals surface area (Å²) in [6.07, 6.45) is 0. The van der Waals surface area contributed by atoms with Crippen molar-refractivity contribution in [3.8, 4) is 0 Å². The second-order valence-electron chi connectivity index (χ2n) is 2.23. The van der Waals surface area contributed by atoms with Crippen LogP contribution in [-0.2, 0) is 10.4 Å². The minimum atomic E-state index is 0.127. The van der Waals surface area contributed by atoms with Crippen molar-refractivity contribution in [2.24, 2.45) is 0 Å². The maximum absolute atomic E-state index is 10.2. The topological polar surface area (TPSA) is 116 Å². The zero-order valence-electron chi connectivity index (χ0n) is 6.13. The van der Waals surface area contributed by atoms with Crippen LogP contribution in [-0.4, -0.2) is 0 Å². The van der Waals surface area contributed by atoms with Gasteiger partial charge in [-0.05, 0) is 12.1 Å². The van der Waals surface area contributed by atoms with Crippen LogP contribution in [0.3, 0.4) is 0 Å². The summed E-state index contributed by atoms with van der Waals surface area (Å²) in [7, 11) is 0. The van der Waals surface area contributed by atoms with E-state index in [4.69, 9.17) is 11.5 Å². The van der Waals surface area contributed by atoms with Crippen LogP contribution in [0.5, 0.6) is 0 Å². The molecule has 0 aromatic heterocycles. The second kappa shape index (κ2) is 3.16. The quantitative estimate of drug-likeness (QED) is 0.377. The minimum Gasteiger partial charge on any atom is -0.397 e. The van der Waals surface area contributed by atoms with Crippen molar-refractivity contribution in [3.05, 3.63) is 12.1 Å². The molecule has 0 amide bonds. The van der Waals surface area contributed by atoms with Gasteiger partial charge in [0, 0.05) is 0 Å². The number of rotatable bonds is 2. The van der Waals surface area contributed by atoms with Crippen LogP contribution in [0.15, 0.2) is 12.1 Å². The van der Waals surface area contributed by atoms with Crippen molar-refractivity contribution in [1.82, 2.24) is 0 Å². The summed E-state index contributed by atoms with van der Waals surface area (Å²) < 4.78 is 0. The van der Waals surface area contributed by atoms with Gasteiger partial charge in [-0.15, -0.1) is 0 Å². The van der Waals surface area contributed by atoms with Gasteiger partial charge in [0.15, 0.2) is 0 Å². The van der Waals surface area contributed by atoms with Gasteiger partial charge in [0.25, 0.3) is 0 Å². The summed E-state index contributed by atoms with van der Waals surface area (Å²) in [6, 6.07) is 2.59. The minimum absolute atomic E-state index is 0.127. The fourth-order valence-electron chi connectivity index (χ4n) is 0.811. The molecule has 0 spiro atoms. The summed E-state index contributed by atoms with van der Waals surface area (Å²) in [5, 5.41) is 20.5. The van der Waals surface area contributed by atoms with Crippen molar-refractivity contribution in [2.75, 3.05) is 22.4 Å². The zero-order valence-corrected chi connectivity index (χ0v) is 6.13. The molecular weight excluding hydrogens is 160 g/mol. The molecule has 0 atom stereocenters. The lowest BCUT2D eigenvalue weighted by molar-refractivity contribution is 0.272. The van der Waals surface area contributed by atoms with Crippen LogP contribution in [0.4, 0.5) is 22.7 Å². The smallest absolute Gasteiger partial charge is 0.0887 e. The highest BCUT2D eigenvalue weighted by Crippen LogP contribution is 2.28. The van der Waals surface area contributed by atoms with Gasteiger partial charge in [0.05, 0.1) is 22.7 Å².